The first-order chi connectivity index (χ1) is 7.38. The Morgan fingerprint density at radius 1 is 1.50 bits per heavy atom. The molecule has 0 aromatic carbocycles. The number of hydrogen-bond donors (Lipinski definition) is 1. The third-order valence-electron chi connectivity index (χ3n) is 3.01. The standard InChI is InChI=1S/C11H19NO4/c1-11(2)6-8(11)10(15)12(4-5-16-3)7-9(13)14/h8H,4-7H2,1-3H3,(H,13,14)/t8-/m1/s1. The molecule has 0 aromatic rings. The minimum absolute atomic E-state index is 0.0243. The third-order valence-corrected chi connectivity index (χ3v) is 3.01. The summed E-state index contributed by atoms with van der Waals surface area (Å²) >= 11 is 0. The molecule has 92 valence electrons. The highest BCUT2D eigenvalue weighted by molar-refractivity contribution is 5.85. The van der Waals surface area contributed by atoms with Gasteiger partial charge in [-0.1, -0.05) is 13.8 Å². The van der Waals surface area contributed by atoms with Gasteiger partial charge in [0, 0.05) is 19.6 Å². The van der Waals surface area contributed by atoms with Gasteiger partial charge in [0.1, 0.15) is 6.54 Å². The van der Waals surface area contributed by atoms with Gasteiger partial charge in [0.2, 0.25) is 5.91 Å². The van der Waals surface area contributed by atoms with Crippen LogP contribution in [0.5, 0.6) is 0 Å². The molecule has 0 radical (unpaired) electrons. The lowest BCUT2D eigenvalue weighted by atomic mass is 10.1. The van der Waals surface area contributed by atoms with Crippen molar-refractivity contribution in [3.8, 4) is 0 Å². The lowest BCUT2D eigenvalue weighted by molar-refractivity contribution is -0.145. The number of carbonyl (C=O) groups is 2. The second kappa shape index (κ2) is 4.82. The van der Waals surface area contributed by atoms with Gasteiger partial charge in [-0.2, -0.15) is 0 Å². The topological polar surface area (TPSA) is 66.8 Å². The molecule has 0 unspecified atom stereocenters. The van der Waals surface area contributed by atoms with E-state index in [-0.39, 0.29) is 23.8 Å². The summed E-state index contributed by atoms with van der Waals surface area (Å²) in [5, 5.41) is 8.73. The van der Waals surface area contributed by atoms with Crippen molar-refractivity contribution in [2.75, 3.05) is 26.8 Å². The van der Waals surface area contributed by atoms with Crippen LogP contribution in [0.3, 0.4) is 0 Å². The number of rotatable bonds is 6. The molecule has 1 aliphatic rings. The van der Waals surface area contributed by atoms with Crippen molar-refractivity contribution in [1.29, 1.82) is 0 Å². The van der Waals surface area contributed by atoms with Gasteiger partial charge in [-0.05, 0) is 11.8 Å². The van der Waals surface area contributed by atoms with Crippen molar-refractivity contribution in [2.45, 2.75) is 20.3 Å². The summed E-state index contributed by atoms with van der Waals surface area (Å²) in [4.78, 5) is 24.0. The Morgan fingerprint density at radius 2 is 2.06 bits per heavy atom. The van der Waals surface area contributed by atoms with Gasteiger partial charge in [-0.15, -0.1) is 0 Å². The van der Waals surface area contributed by atoms with Crippen molar-refractivity contribution in [1.82, 2.24) is 4.90 Å². The first-order valence-corrected chi connectivity index (χ1v) is 5.38. The van der Waals surface area contributed by atoms with E-state index in [4.69, 9.17) is 9.84 Å². The minimum Gasteiger partial charge on any atom is -0.480 e. The van der Waals surface area contributed by atoms with Crippen LogP contribution in [0.15, 0.2) is 0 Å². The van der Waals surface area contributed by atoms with Crippen LogP contribution in [-0.2, 0) is 14.3 Å². The molecule has 1 fully saturated rings. The monoisotopic (exact) mass is 229 g/mol. The van der Waals surface area contributed by atoms with Crippen LogP contribution in [0.25, 0.3) is 0 Å². The van der Waals surface area contributed by atoms with Gasteiger partial charge in [0.25, 0.3) is 0 Å². The molecule has 1 amide bonds. The molecule has 0 heterocycles. The van der Waals surface area contributed by atoms with E-state index in [1.807, 2.05) is 13.8 Å². The van der Waals surface area contributed by atoms with E-state index in [0.717, 1.165) is 6.42 Å². The number of carboxylic acid groups (broad SMARTS) is 1. The summed E-state index contributed by atoms with van der Waals surface area (Å²) in [6, 6.07) is 0. The summed E-state index contributed by atoms with van der Waals surface area (Å²) in [6.07, 6.45) is 0.842. The second-order valence-corrected chi connectivity index (χ2v) is 4.89. The fourth-order valence-corrected chi connectivity index (χ4v) is 1.74. The molecule has 1 atom stereocenters. The molecule has 1 rings (SSSR count). The van der Waals surface area contributed by atoms with Crippen molar-refractivity contribution >= 4 is 11.9 Å². The molecule has 0 aliphatic heterocycles. The molecule has 5 nitrogen and oxygen atoms in total. The molecule has 0 bridgehead atoms. The smallest absolute Gasteiger partial charge is 0.323 e. The van der Waals surface area contributed by atoms with E-state index in [9.17, 15) is 9.59 Å². The second-order valence-electron chi connectivity index (χ2n) is 4.89. The van der Waals surface area contributed by atoms with Gasteiger partial charge in [-0.25, -0.2) is 0 Å². The minimum atomic E-state index is -0.983. The highest BCUT2D eigenvalue weighted by Gasteiger charge is 2.52. The van der Waals surface area contributed by atoms with Gasteiger partial charge in [0.15, 0.2) is 0 Å². The van der Waals surface area contributed by atoms with Crippen molar-refractivity contribution < 1.29 is 19.4 Å². The van der Waals surface area contributed by atoms with Gasteiger partial charge in [-0.3, -0.25) is 9.59 Å². The fourth-order valence-electron chi connectivity index (χ4n) is 1.74. The third kappa shape index (κ3) is 3.20. The molecular weight excluding hydrogens is 210 g/mol. The molecule has 1 N–H and O–H groups in total. The zero-order valence-electron chi connectivity index (χ0n) is 10.0. The highest BCUT2D eigenvalue weighted by Crippen LogP contribution is 2.52. The Morgan fingerprint density at radius 3 is 2.44 bits per heavy atom. The number of ether oxygens (including phenoxy) is 1. The van der Waals surface area contributed by atoms with E-state index >= 15 is 0 Å². The Kier molecular flexibility index (Phi) is 3.91. The highest BCUT2D eigenvalue weighted by atomic mass is 16.5. The summed E-state index contributed by atoms with van der Waals surface area (Å²) in [5.41, 5.74) is 0.0287. The number of aliphatic carboxylic acids is 1. The molecule has 0 saturated heterocycles. The molecular formula is C11H19NO4. The normalized spacial score (nSPS) is 21.6. The number of amides is 1. The Hall–Kier alpha value is -1.10. The maximum atomic E-state index is 12.0. The van der Waals surface area contributed by atoms with Crippen molar-refractivity contribution in [3.05, 3.63) is 0 Å². The number of hydrogen-bond acceptors (Lipinski definition) is 3. The van der Waals surface area contributed by atoms with Crippen LogP contribution in [0, 0.1) is 11.3 Å². The zero-order valence-corrected chi connectivity index (χ0v) is 10.0. The van der Waals surface area contributed by atoms with E-state index in [2.05, 4.69) is 0 Å². The molecule has 1 saturated carbocycles. The van der Waals surface area contributed by atoms with Crippen LogP contribution < -0.4 is 0 Å². The van der Waals surface area contributed by atoms with Crippen molar-refractivity contribution in [2.24, 2.45) is 11.3 Å². The van der Waals surface area contributed by atoms with Crippen LogP contribution in [0.1, 0.15) is 20.3 Å². The van der Waals surface area contributed by atoms with Gasteiger partial charge < -0.3 is 14.7 Å². The fraction of sp³-hybridized carbons (Fsp3) is 0.818. The number of carboxylic acids is 1. The maximum absolute atomic E-state index is 12.0. The first kappa shape index (κ1) is 13.0. The lowest BCUT2D eigenvalue weighted by Crippen LogP contribution is -2.39. The maximum Gasteiger partial charge on any atom is 0.323 e. The summed E-state index contributed by atoms with van der Waals surface area (Å²) < 4.78 is 4.87. The number of methoxy groups -OCH3 is 1. The predicted molar refractivity (Wildman–Crippen MR) is 58.0 cm³/mol. The molecule has 5 heteroatoms. The van der Waals surface area contributed by atoms with Crippen molar-refractivity contribution in [3.63, 3.8) is 0 Å². The van der Waals surface area contributed by atoms with Crippen LogP contribution >= 0.6 is 0 Å². The molecule has 16 heavy (non-hydrogen) atoms. The lowest BCUT2D eigenvalue weighted by Gasteiger charge is -2.21. The average Bonchev–Trinajstić information content (AvgIpc) is 2.80. The van der Waals surface area contributed by atoms with E-state index in [0.29, 0.717) is 13.2 Å². The Labute approximate surface area is 95.4 Å². The molecule has 0 aromatic heterocycles. The number of nitrogens with zero attached hydrogens (tertiary/aromatic N) is 1. The predicted octanol–water partition coefficient (Wildman–Crippen LogP) is 0.592. The van der Waals surface area contributed by atoms with E-state index in [1.54, 1.807) is 0 Å². The van der Waals surface area contributed by atoms with Gasteiger partial charge >= 0.3 is 5.97 Å². The van der Waals surface area contributed by atoms with Crippen LogP contribution in [0.2, 0.25) is 0 Å². The van der Waals surface area contributed by atoms with E-state index < -0.39 is 5.97 Å². The molecule has 0 spiro atoms. The first-order valence-electron chi connectivity index (χ1n) is 5.38. The average molecular weight is 229 g/mol. The quantitative estimate of drug-likeness (QED) is 0.724. The Bertz CT molecular complexity index is 288. The van der Waals surface area contributed by atoms with Crippen LogP contribution in [-0.4, -0.2) is 48.7 Å². The Balaban J connectivity index is 2.54. The molecule has 1 aliphatic carbocycles. The summed E-state index contributed by atoms with van der Waals surface area (Å²) in [6.45, 7) is 4.50. The van der Waals surface area contributed by atoms with E-state index in [1.165, 1.54) is 12.0 Å². The largest absolute Gasteiger partial charge is 0.480 e. The SMILES string of the molecule is COCCN(CC(=O)O)C(=O)[C@H]1CC1(C)C. The number of carbonyl (C=O) groups excluding carboxylic acids is 1. The van der Waals surface area contributed by atoms with Crippen LogP contribution in [0.4, 0.5) is 0 Å². The van der Waals surface area contributed by atoms with Gasteiger partial charge in [0.05, 0.1) is 6.61 Å². The zero-order chi connectivity index (χ0) is 12.3. The summed E-state index contributed by atoms with van der Waals surface area (Å²) in [5.74, 6) is -1.07. The summed E-state index contributed by atoms with van der Waals surface area (Å²) in [7, 11) is 1.53.